The van der Waals surface area contributed by atoms with Crippen molar-refractivity contribution in [1.29, 1.82) is 0 Å². The summed E-state index contributed by atoms with van der Waals surface area (Å²) in [7, 11) is 0. The van der Waals surface area contributed by atoms with Crippen LogP contribution < -0.4 is 42.6 Å². The second-order valence-electron chi connectivity index (χ2n) is 24.6. The average Bonchev–Trinajstić information content (AvgIpc) is 1.20. The first kappa shape index (κ1) is 49.0. The summed E-state index contributed by atoms with van der Waals surface area (Å²) >= 11 is 0. The quantitative estimate of drug-likeness (QED) is 0.153. The number of nitrogens with zero attached hydrogens (tertiary/aromatic N) is 2. The molecule has 12 aromatic carbocycles. The molecule has 4 heteroatoms. The number of hydrogen-bond donors (Lipinski definition) is 0. The van der Waals surface area contributed by atoms with E-state index in [1.807, 2.05) is 0 Å². The molecule has 0 spiro atoms. The van der Waals surface area contributed by atoms with Gasteiger partial charge >= 0.3 is 0 Å². The Morgan fingerprint density at radius 1 is 0.262 bits per heavy atom. The van der Waals surface area contributed by atoms with Crippen LogP contribution in [0.1, 0.15) is 77.9 Å². The SMILES string of the molecule is Cc1cc(C)c(B2c3cc4c(cc3N3c5cccc6c5N(c5cc7c(cc5B6c5c(C)cc(C)cc5C)C(c5ccccc5)(c5ccccc5)c5ccccc5-7)c5cccc2c53)-c2ccccc2C4(c2ccccc2)c2ccccc2)c(C)c1. The highest BCUT2D eigenvalue weighted by atomic mass is 15.3. The van der Waals surface area contributed by atoms with Gasteiger partial charge in [0.25, 0.3) is 0 Å². The maximum Gasteiger partial charge on any atom is 0.247 e. The lowest BCUT2D eigenvalue weighted by molar-refractivity contribution is 0.769. The van der Waals surface area contributed by atoms with Gasteiger partial charge in [0.15, 0.2) is 0 Å². The fourth-order valence-electron chi connectivity index (χ4n) is 17.2. The molecule has 0 bridgehead atoms. The summed E-state index contributed by atoms with van der Waals surface area (Å²) in [5.74, 6) is 0. The summed E-state index contributed by atoms with van der Waals surface area (Å²) in [5.41, 5.74) is 37.7. The molecular weight excluding hydrogens is 1010 g/mol. The molecule has 2 nitrogen and oxygen atoms in total. The van der Waals surface area contributed by atoms with Crippen molar-refractivity contribution in [3.63, 3.8) is 0 Å². The highest BCUT2D eigenvalue weighted by Crippen LogP contribution is 2.62. The number of aryl methyl sites for hydroxylation is 6. The first-order valence-corrected chi connectivity index (χ1v) is 30.0. The molecule has 0 amide bonds. The van der Waals surface area contributed by atoms with Crippen molar-refractivity contribution in [3.8, 4) is 22.3 Å². The van der Waals surface area contributed by atoms with Crippen LogP contribution in [0, 0.1) is 41.5 Å². The number of fused-ring (bicyclic) bond motifs is 12. The van der Waals surface area contributed by atoms with Crippen LogP contribution in [-0.4, -0.2) is 13.4 Å². The predicted octanol–water partition coefficient (Wildman–Crippen LogP) is 15.2. The summed E-state index contributed by atoms with van der Waals surface area (Å²) in [5, 5.41) is 0. The Labute approximate surface area is 494 Å². The van der Waals surface area contributed by atoms with Crippen molar-refractivity contribution >= 4 is 80.3 Å². The van der Waals surface area contributed by atoms with Gasteiger partial charge in [0.2, 0.25) is 13.4 Å². The molecule has 396 valence electrons. The summed E-state index contributed by atoms with van der Waals surface area (Å²) in [6.07, 6.45) is 0. The van der Waals surface area contributed by atoms with Crippen molar-refractivity contribution < 1.29 is 0 Å². The van der Waals surface area contributed by atoms with Crippen LogP contribution in [0.2, 0.25) is 0 Å². The molecule has 0 unspecified atom stereocenters. The van der Waals surface area contributed by atoms with Gasteiger partial charge in [-0.3, -0.25) is 0 Å². The normalized spacial score (nSPS) is 14.6. The van der Waals surface area contributed by atoms with E-state index in [2.05, 4.69) is 306 Å². The van der Waals surface area contributed by atoms with Crippen LogP contribution in [-0.2, 0) is 10.8 Å². The molecule has 3 heterocycles. The van der Waals surface area contributed by atoms with E-state index in [1.165, 1.54) is 167 Å². The third kappa shape index (κ3) is 6.38. The second-order valence-corrected chi connectivity index (χ2v) is 24.6. The van der Waals surface area contributed by atoms with Gasteiger partial charge in [-0.25, -0.2) is 0 Å². The maximum absolute atomic E-state index is 2.70. The van der Waals surface area contributed by atoms with E-state index >= 15 is 0 Å². The van der Waals surface area contributed by atoms with Gasteiger partial charge in [0.1, 0.15) is 0 Å². The molecule has 84 heavy (non-hydrogen) atoms. The lowest BCUT2D eigenvalue weighted by Gasteiger charge is -2.49. The lowest BCUT2D eigenvalue weighted by atomic mass is 9.32. The van der Waals surface area contributed by atoms with Gasteiger partial charge in [0, 0.05) is 11.4 Å². The number of hydrogen-bond acceptors (Lipinski definition) is 2. The third-order valence-electron chi connectivity index (χ3n) is 20.0. The summed E-state index contributed by atoms with van der Waals surface area (Å²) < 4.78 is 0. The molecular formula is C80H60B2N2. The smallest absolute Gasteiger partial charge is 0.247 e. The van der Waals surface area contributed by atoms with Gasteiger partial charge in [-0.15, -0.1) is 0 Å². The Hall–Kier alpha value is -9.63. The van der Waals surface area contributed by atoms with Crippen molar-refractivity contribution in [2.24, 2.45) is 0 Å². The minimum Gasteiger partial charge on any atom is -0.307 e. The van der Waals surface area contributed by atoms with Crippen LogP contribution in [0.4, 0.5) is 34.1 Å². The van der Waals surface area contributed by atoms with Crippen LogP contribution in [0.25, 0.3) is 22.3 Å². The maximum atomic E-state index is 2.70. The van der Waals surface area contributed by atoms with Crippen LogP contribution >= 0.6 is 0 Å². The van der Waals surface area contributed by atoms with E-state index in [1.54, 1.807) is 0 Å². The van der Waals surface area contributed by atoms with E-state index in [-0.39, 0.29) is 13.4 Å². The van der Waals surface area contributed by atoms with Crippen LogP contribution in [0.15, 0.2) is 255 Å². The lowest BCUT2D eigenvalue weighted by Crippen LogP contribution is -2.62. The first-order chi connectivity index (χ1) is 41.2. The van der Waals surface area contributed by atoms with Gasteiger partial charge in [-0.05, 0) is 154 Å². The number of para-hydroxylation sites is 2. The van der Waals surface area contributed by atoms with E-state index in [9.17, 15) is 0 Å². The van der Waals surface area contributed by atoms with Crippen LogP contribution in [0.5, 0.6) is 0 Å². The van der Waals surface area contributed by atoms with Gasteiger partial charge in [0.05, 0.1) is 33.6 Å². The molecule has 0 aromatic heterocycles. The van der Waals surface area contributed by atoms with Gasteiger partial charge < -0.3 is 9.80 Å². The molecule has 0 fully saturated rings. The van der Waals surface area contributed by atoms with Crippen molar-refractivity contribution in [1.82, 2.24) is 0 Å². The zero-order valence-corrected chi connectivity index (χ0v) is 48.3. The topological polar surface area (TPSA) is 6.48 Å². The van der Waals surface area contributed by atoms with Crippen molar-refractivity contribution in [2.45, 2.75) is 52.4 Å². The Kier molecular flexibility index (Phi) is 10.5. The summed E-state index contributed by atoms with van der Waals surface area (Å²) in [6, 6.07) is 98.3. The zero-order valence-electron chi connectivity index (χ0n) is 48.3. The first-order valence-electron chi connectivity index (χ1n) is 30.0. The van der Waals surface area contributed by atoms with E-state index in [4.69, 9.17) is 0 Å². The Morgan fingerprint density at radius 3 is 0.929 bits per heavy atom. The molecule has 5 aliphatic rings. The molecule has 0 radical (unpaired) electrons. The highest BCUT2D eigenvalue weighted by molar-refractivity contribution is 7.00. The molecule has 0 atom stereocenters. The predicted molar refractivity (Wildman–Crippen MR) is 355 cm³/mol. The molecule has 0 saturated carbocycles. The minimum atomic E-state index is -0.559. The minimum absolute atomic E-state index is 0.0751. The van der Waals surface area contributed by atoms with Crippen molar-refractivity contribution in [2.75, 3.05) is 9.80 Å². The molecule has 3 aliphatic heterocycles. The molecule has 0 N–H and O–H groups in total. The number of anilines is 6. The molecule has 2 aliphatic carbocycles. The third-order valence-corrected chi connectivity index (χ3v) is 20.0. The largest absolute Gasteiger partial charge is 0.307 e. The monoisotopic (exact) mass is 1070 g/mol. The average molecular weight is 1070 g/mol. The van der Waals surface area contributed by atoms with Crippen LogP contribution in [0.3, 0.4) is 0 Å². The molecule has 0 saturated heterocycles. The standard InChI is InChI=1S/C80H60B2N2/c1-49-41-51(3)75(52(4)42-49)81-67-37-23-39-71-77(67)83(73-45-61-59-33-19-21-35-63(59)79(65(61)47-69(73)81,55-25-11-7-12-26-55)56-27-13-8-14-28-56)72-40-24-38-68-78(72)84(71)74-46-62-60-34-20-22-36-64(60)80(57-29-15-9-16-30-57,58-31-17-10-18-32-58)66(62)48-70(74)82(68)76-53(5)43-50(2)44-54(76)6/h7-48H,1-6H3. The Balaban J connectivity index is 1.000. The van der Waals surface area contributed by atoms with Gasteiger partial charge in [-0.1, -0.05) is 275 Å². The van der Waals surface area contributed by atoms with E-state index < -0.39 is 10.8 Å². The highest BCUT2D eigenvalue weighted by Gasteiger charge is 2.53. The molecule has 17 rings (SSSR count). The number of rotatable bonds is 6. The fraction of sp³-hybridized carbons (Fsp3) is 0.100. The number of benzene rings is 12. The van der Waals surface area contributed by atoms with E-state index in [0.717, 1.165) is 0 Å². The Morgan fingerprint density at radius 2 is 0.583 bits per heavy atom. The van der Waals surface area contributed by atoms with E-state index in [0.29, 0.717) is 0 Å². The second kappa shape index (κ2) is 17.9. The van der Waals surface area contributed by atoms with Gasteiger partial charge in [-0.2, -0.15) is 0 Å². The fourth-order valence-corrected chi connectivity index (χ4v) is 17.2. The Bertz CT molecular complexity index is 4330. The van der Waals surface area contributed by atoms with Crippen molar-refractivity contribution in [3.05, 3.63) is 333 Å². The summed E-state index contributed by atoms with van der Waals surface area (Å²) in [6.45, 7) is 13.7. The summed E-state index contributed by atoms with van der Waals surface area (Å²) in [4.78, 5) is 5.40. The molecule has 12 aromatic rings. The zero-order chi connectivity index (χ0) is 56.3.